The summed E-state index contributed by atoms with van der Waals surface area (Å²) in [7, 11) is 3.15. The number of benzene rings is 1. The van der Waals surface area contributed by atoms with Gasteiger partial charge in [-0.25, -0.2) is 9.78 Å². The summed E-state index contributed by atoms with van der Waals surface area (Å²) in [6, 6.07) is 10.7. The molecule has 2 aromatic rings. The number of hydrogen-bond acceptors (Lipinski definition) is 5. The fourth-order valence-corrected chi connectivity index (χ4v) is 2.14. The normalized spacial score (nSPS) is 10.2. The summed E-state index contributed by atoms with van der Waals surface area (Å²) in [6.45, 7) is 0.529. The minimum absolute atomic E-state index is 0.215. The van der Waals surface area contributed by atoms with Crippen LogP contribution in [-0.4, -0.2) is 25.1 Å². The molecule has 21 heavy (non-hydrogen) atoms. The Morgan fingerprint density at radius 3 is 2.71 bits per heavy atom. The molecule has 0 saturated carbocycles. The molecule has 0 saturated heterocycles. The van der Waals surface area contributed by atoms with Gasteiger partial charge < -0.3 is 15.4 Å². The van der Waals surface area contributed by atoms with Crippen molar-refractivity contribution in [2.24, 2.45) is 0 Å². The van der Waals surface area contributed by atoms with E-state index in [-0.39, 0.29) is 5.69 Å². The average Bonchev–Trinajstić information content (AvgIpc) is 2.49. The summed E-state index contributed by atoms with van der Waals surface area (Å²) in [4.78, 5) is 17.6. The van der Waals surface area contributed by atoms with Gasteiger partial charge in [-0.05, 0) is 23.8 Å². The molecule has 0 fully saturated rings. The van der Waals surface area contributed by atoms with Crippen molar-refractivity contribution in [1.82, 2.24) is 4.98 Å². The Kier molecular flexibility index (Phi) is 4.65. The first-order chi connectivity index (χ1) is 10.0. The van der Waals surface area contributed by atoms with Gasteiger partial charge in [-0.1, -0.05) is 29.8 Å². The van der Waals surface area contributed by atoms with Crippen molar-refractivity contribution in [3.8, 4) is 0 Å². The van der Waals surface area contributed by atoms with E-state index < -0.39 is 5.97 Å². The Balaban J connectivity index is 2.28. The van der Waals surface area contributed by atoms with Crippen LogP contribution >= 0.6 is 11.6 Å². The molecule has 0 aliphatic heterocycles. The van der Waals surface area contributed by atoms with Crippen molar-refractivity contribution in [2.75, 3.05) is 24.8 Å². The smallest absolute Gasteiger partial charge is 0.356 e. The Labute approximate surface area is 128 Å². The first-order valence-electron chi connectivity index (χ1n) is 6.32. The van der Waals surface area contributed by atoms with Crippen LogP contribution in [0.3, 0.4) is 0 Å². The molecule has 110 valence electrons. The molecule has 0 aliphatic rings. The van der Waals surface area contributed by atoms with E-state index >= 15 is 0 Å². The minimum Gasteiger partial charge on any atom is -0.464 e. The number of pyridine rings is 1. The summed E-state index contributed by atoms with van der Waals surface area (Å²) in [5.74, 6) is 0.0141. The molecule has 0 unspecified atom stereocenters. The fourth-order valence-electron chi connectivity index (χ4n) is 1.94. The Bertz CT molecular complexity index is 661. The highest BCUT2D eigenvalue weighted by atomic mass is 35.5. The third-order valence-electron chi connectivity index (χ3n) is 3.03. The van der Waals surface area contributed by atoms with Gasteiger partial charge in [-0.2, -0.15) is 0 Å². The number of anilines is 2. The second kappa shape index (κ2) is 6.45. The standard InChI is InChI=1S/C15H16ClN3O2/c1-19(9-10-5-3-4-6-11(10)16)14-12(17)7-8-13(18-14)15(20)21-2/h3-8H,9,17H2,1-2H3. The molecule has 1 aromatic heterocycles. The third-order valence-corrected chi connectivity index (χ3v) is 3.40. The van der Waals surface area contributed by atoms with Gasteiger partial charge in [-0.15, -0.1) is 0 Å². The molecular formula is C15H16ClN3O2. The van der Waals surface area contributed by atoms with Crippen LogP contribution in [0.25, 0.3) is 0 Å². The fraction of sp³-hybridized carbons (Fsp3) is 0.200. The summed E-state index contributed by atoms with van der Waals surface area (Å²) in [5.41, 5.74) is 7.58. The zero-order valence-corrected chi connectivity index (χ0v) is 12.6. The van der Waals surface area contributed by atoms with Crippen molar-refractivity contribution < 1.29 is 9.53 Å². The topological polar surface area (TPSA) is 68.5 Å². The summed E-state index contributed by atoms with van der Waals surface area (Å²) in [5, 5.41) is 0.673. The second-order valence-electron chi connectivity index (χ2n) is 4.55. The molecule has 0 amide bonds. The number of nitrogens with zero attached hydrogens (tertiary/aromatic N) is 2. The van der Waals surface area contributed by atoms with Crippen LogP contribution < -0.4 is 10.6 Å². The van der Waals surface area contributed by atoms with Gasteiger partial charge in [0.25, 0.3) is 0 Å². The maximum absolute atomic E-state index is 11.5. The van der Waals surface area contributed by atoms with Crippen LogP contribution in [0.5, 0.6) is 0 Å². The molecule has 2 rings (SSSR count). The molecule has 1 heterocycles. The maximum Gasteiger partial charge on any atom is 0.356 e. The quantitative estimate of drug-likeness (QED) is 0.880. The number of carbonyl (C=O) groups excluding carboxylic acids is 1. The van der Waals surface area contributed by atoms with E-state index in [1.165, 1.54) is 13.2 Å². The Hall–Kier alpha value is -2.27. The molecule has 2 N–H and O–H groups in total. The summed E-state index contributed by atoms with van der Waals surface area (Å²) >= 11 is 6.15. The van der Waals surface area contributed by atoms with E-state index in [9.17, 15) is 4.79 Å². The predicted molar refractivity (Wildman–Crippen MR) is 83.5 cm³/mol. The van der Waals surface area contributed by atoms with Crippen molar-refractivity contribution in [1.29, 1.82) is 0 Å². The lowest BCUT2D eigenvalue weighted by Gasteiger charge is -2.21. The number of halogens is 1. The van der Waals surface area contributed by atoms with Crippen LogP contribution in [0, 0.1) is 0 Å². The average molecular weight is 306 g/mol. The number of methoxy groups -OCH3 is 1. The molecule has 0 aliphatic carbocycles. The van der Waals surface area contributed by atoms with E-state index in [1.807, 2.05) is 36.2 Å². The number of carbonyl (C=O) groups is 1. The SMILES string of the molecule is COC(=O)c1ccc(N)c(N(C)Cc2ccccc2Cl)n1. The van der Waals surface area contributed by atoms with Crippen LogP contribution in [0.4, 0.5) is 11.5 Å². The van der Waals surface area contributed by atoms with Gasteiger partial charge in [0.1, 0.15) is 0 Å². The van der Waals surface area contributed by atoms with E-state index in [2.05, 4.69) is 9.72 Å². The number of aromatic nitrogens is 1. The van der Waals surface area contributed by atoms with Gasteiger partial charge in [0.15, 0.2) is 11.5 Å². The first kappa shape index (κ1) is 15.1. The molecular weight excluding hydrogens is 290 g/mol. The van der Waals surface area contributed by atoms with Gasteiger partial charge in [0.2, 0.25) is 0 Å². The molecule has 5 nitrogen and oxygen atoms in total. The highest BCUT2D eigenvalue weighted by Gasteiger charge is 2.14. The number of rotatable bonds is 4. The van der Waals surface area contributed by atoms with Crippen LogP contribution in [0.1, 0.15) is 16.1 Å². The minimum atomic E-state index is -0.498. The third kappa shape index (κ3) is 3.44. The molecule has 0 spiro atoms. The van der Waals surface area contributed by atoms with Gasteiger partial charge in [0.05, 0.1) is 12.8 Å². The lowest BCUT2D eigenvalue weighted by atomic mass is 10.2. The first-order valence-corrected chi connectivity index (χ1v) is 6.70. The molecule has 0 atom stereocenters. The Morgan fingerprint density at radius 1 is 1.33 bits per heavy atom. The molecule has 0 bridgehead atoms. The number of nitrogen functional groups attached to an aromatic ring is 1. The van der Waals surface area contributed by atoms with Crippen molar-refractivity contribution in [3.05, 3.63) is 52.7 Å². The second-order valence-corrected chi connectivity index (χ2v) is 4.96. The highest BCUT2D eigenvalue weighted by molar-refractivity contribution is 6.31. The number of ether oxygens (including phenoxy) is 1. The lowest BCUT2D eigenvalue weighted by Crippen LogP contribution is -2.20. The predicted octanol–water partition coefficient (Wildman–Crippen LogP) is 2.74. The Morgan fingerprint density at radius 2 is 2.05 bits per heavy atom. The van der Waals surface area contributed by atoms with Crippen molar-refractivity contribution in [2.45, 2.75) is 6.54 Å². The zero-order chi connectivity index (χ0) is 15.4. The molecule has 0 radical (unpaired) electrons. The number of esters is 1. The van der Waals surface area contributed by atoms with E-state index in [4.69, 9.17) is 17.3 Å². The van der Waals surface area contributed by atoms with Crippen molar-refractivity contribution >= 4 is 29.1 Å². The largest absolute Gasteiger partial charge is 0.464 e. The van der Waals surface area contributed by atoms with Crippen molar-refractivity contribution in [3.63, 3.8) is 0 Å². The lowest BCUT2D eigenvalue weighted by molar-refractivity contribution is 0.0594. The zero-order valence-electron chi connectivity index (χ0n) is 11.8. The van der Waals surface area contributed by atoms with E-state index in [0.717, 1.165) is 5.56 Å². The highest BCUT2D eigenvalue weighted by Crippen LogP contribution is 2.24. The maximum atomic E-state index is 11.5. The number of hydrogen-bond donors (Lipinski definition) is 1. The van der Waals surface area contributed by atoms with Gasteiger partial charge >= 0.3 is 5.97 Å². The monoisotopic (exact) mass is 305 g/mol. The van der Waals surface area contributed by atoms with E-state index in [1.54, 1.807) is 6.07 Å². The summed E-state index contributed by atoms with van der Waals surface area (Å²) in [6.07, 6.45) is 0. The number of nitrogens with two attached hydrogens (primary N) is 1. The van der Waals surface area contributed by atoms with Gasteiger partial charge in [-0.3, -0.25) is 0 Å². The van der Waals surface area contributed by atoms with Gasteiger partial charge in [0, 0.05) is 18.6 Å². The van der Waals surface area contributed by atoms with Crippen LogP contribution in [-0.2, 0) is 11.3 Å². The van der Waals surface area contributed by atoms with Crippen LogP contribution in [0.2, 0.25) is 5.02 Å². The van der Waals surface area contributed by atoms with Crippen LogP contribution in [0.15, 0.2) is 36.4 Å². The summed E-state index contributed by atoms with van der Waals surface area (Å²) < 4.78 is 4.67. The molecule has 6 heteroatoms. The van der Waals surface area contributed by atoms with E-state index in [0.29, 0.717) is 23.1 Å². The molecule has 1 aromatic carbocycles.